The second kappa shape index (κ2) is 6.10. The van der Waals surface area contributed by atoms with E-state index in [2.05, 4.69) is 37.8 Å². The van der Waals surface area contributed by atoms with E-state index in [9.17, 15) is 9.18 Å². The molecule has 0 unspecified atom stereocenters. The maximum atomic E-state index is 14.3. The van der Waals surface area contributed by atoms with Crippen LogP contribution in [0.25, 0.3) is 21.2 Å². The molecule has 5 rings (SSSR count). The molecule has 4 aromatic rings. The van der Waals surface area contributed by atoms with E-state index in [1.54, 1.807) is 12.1 Å². The minimum Gasteiger partial charge on any atom is -0.408 e. The molecule has 2 aromatic heterocycles. The number of halogens is 2. The molecule has 2 aromatic carbocycles. The zero-order valence-corrected chi connectivity index (χ0v) is 16.9. The van der Waals surface area contributed by atoms with Crippen molar-refractivity contribution in [2.45, 2.75) is 13.3 Å². The van der Waals surface area contributed by atoms with Gasteiger partial charge in [-0.25, -0.2) is 9.18 Å². The Morgan fingerprint density at radius 3 is 2.93 bits per heavy atom. The number of thiophene rings is 1. The molecule has 0 saturated carbocycles. The number of hydrogen-bond acceptors (Lipinski definition) is 5. The van der Waals surface area contributed by atoms with Gasteiger partial charge in [-0.3, -0.25) is 4.98 Å². The summed E-state index contributed by atoms with van der Waals surface area (Å²) in [6.45, 7) is 1.91. The fourth-order valence-corrected chi connectivity index (χ4v) is 5.14. The number of nitrogens with one attached hydrogen (secondary N) is 1. The molecule has 134 valence electrons. The maximum absolute atomic E-state index is 14.3. The Balaban J connectivity index is 1.79. The highest BCUT2D eigenvalue weighted by Gasteiger charge is 2.21. The number of aromatic amines is 1. The Labute approximate surface area is 169 Å². The van der Waals surface area contributed by atoms with Crippen LogP contribution in [0.1, 0.15) is 22.9 Å². The lowest BCUT2D eigenvalue weighted by Gasteiger charge is -2.07. The Hall–Kier alpha value is -2.33. The Morgan fingerprint density at radius 2 is 2.11 bits per heavy atom. The molecule has 5 nitrogen and oxygen atoms in total. The average molecular weight is 491 g/mol. The SMILES string of the molecule is CC1=NN=C(c2cc3c(F)ccc(I)c3s2)c2cc3oc(=O)[nH]c3cc2C1. The Bertz CT molecular complexity index is 1320. The van der Waals surface area contributed by atoms with Gasteiger partial charge in [0, 0.05) is 26.7 Å². The van der Waals surface area contributed by atoms with Crippen molar-refractivity contribution in [3.05, 3.63) is 66.3 Å². The van der Waals surface area contributed by atoms with Gasteiger partial charge < -0.3 is 4.42 Å². The summed E-state index contributed by atoms with van der Waals surface area (Å²) in [7, 11) is 0. The van der Waals surface area contributed by atoms with Crippen LogP contribution in [0.2, 0.25) is 0 Å². The number of fused-ring (bicyclic) bond motifs is 3. The average Bonchev–Trinajstić information content (AvgIpc) is 3.18. The van der Waals surface area contributed by atoms with Crippen LogP contribution in [-0.4, -0.2) is 16.4 Å². The molecule has 0 fully saturated rings. The molecular weight excluding hydrogens is 480 g/mol. The Morgan fingerprint density at radius 1 is 1.26 bits per heavy atom. The fraction of sp³-hybridized carbons (Fsp3) is 0.105. The van der Waals surface area contributed by atoms with Crippen LogP contribution in [0, 0.1) is 9.39 Å². The van der Waals surface area contributed by atoms with E-state index in [-0.39, 0.29) is 5.82 Å². The monoisotopic (exact) mass is 491 g/mol. The van der Waals surface area contributed by atoms with E-state index in [0.29, 0.717) is 28.6 Å². The van der Waals surface area contributed by atoms with Crippen LogP contribution in [0.15, 0.2) is 49.7 Å². The summed E-state index contributed by atoms with van der Waals surface area (Å²) in [5.74, 6) is -0.748. The number of aromatic nitrogens is 1. The molecule has 1 aliphatic heterocycles. The quantitative estimate of drug-likeness (QED) is 0.387. The number of oxazole rings is 1. The van der Waals surface area contributed by atoms with Crippen molar-refractivity contribution in [2.24, 2.45) is 10.2 Å². The lowest BCUT2D eigenvalue weighted by atomic mass is 9.97. The summed E-state index contributed by atoms with van der Waals surface area (Å²) < 4.78 is 21.4. The smallest absolute Gasteiger partial charge is 0.408 e. The van der Waals surface area contributed by atoms with Gasteiger partial charge in [0.25, 0.3) is 0 Å². The van der Waals surface area contributed by atoms with E-state index in [0.717, 1.165) is 30.0 Å². The molecule has 1 aliphatic rings. The van der Waals surface area contributed by atoms with Gasteiger partial charge in [0.05, 0.1) is 15.1 Å². The standard InChI is InChI=1S/C19H11FIN3O2S/c1-8-4-9-5-14-15(26-19(25)22-14)6-10(9)17(24-23-8)16-7-11-12(20)2-3-13(21)18(11)27-16/h2-3,5-7H,4H2,1H3,(H,22,25). The second-order valence-electron chi connectivity index (χ2n) is 6.36. The summed E-state index contributed by atoms with van der Waals surface area (Å²) in [5, 5.41) is 9.34. The second-order valence-corrected chi connectivity index (χ2v) is 8.58. The molecular formula is C19H11FIN3O2S. The maximum Gasteiger partial charge on any atom is 0.417 e. The third-order valence-corrected chi connectivity index (χ3v) is 6.92. The molecule has 0 spiro atoms. The van der Waals surface area contributed by atoms with Gasteiger partial charge in [-0.2, -0.15) is 5.10 Å². The highest BCUT2D eigenvalue weighted by atomic mass is 127. The Kier molecular flexibility index (Phi) is 3.80. The fourth-order valence-electron chi connectivity index (χ4n) is 3.27. The van der Waals surface area contributed by atoms with E-state index < -0.39 is 5.76 Å². The molecule has 27 heavy (non-hydrogen) atoms. The van der Waals surface area contributed by atoms with Crippen LogP contribution in [0.4, 0.5) is 4.39 Å². The van der Waals surface area contributed by atoms with Gasteiger partial charge in [-0.05, 0) is 65.4 Å². The predicted molar refractivity (Wildman–Crippen MR) is 114 cm³/mol. The first kappa shape index (κ1) is 16.8. The molecule has 0 bridgehead atoms. The van der Waals surface area contributed by atoms with Crippen molar-refractivity contribution in [1.29, 1.82) is 0 Å². The van der Waals surface area contributed by atoms with Crippen molar-refractivity contribution in [3.8, 4) is 0 Å². The summed E-state index contributed by atoms with van der Waals surface area (Å²) in [6, 6.07) is 8.76. The van der Waals surface area contributed by atoms with Crippen LogP contribution in [0.5, 0.6) is 0 Å². The molecule has 0 radical (unpaired) electrons. The van der Waals surface area contributed by atoms with Crippen molar-refractivity contribution < 1.29 is 8.81 Å². The van der Waals surface area contributed by atoms with Crippen molar-refractivity contribution in [2.75, 3.05) is 0 Å². The predicted octanol–water partition coefficient (Wildman–Crippen LogP) is 4.85. The lowest BCUT2D eigenvalue weighted by Crippen LogP contribution is -2.05. The first-order valence-corrected chi connectivity index (χ1v) is 10.0. The zero-order valence-electron chi connectivity index (χ0n) is 14.0. The van der Waals surface area contributed by atoms with Crippen LogP contribution in [-0.2, 0) is 6.42 Å². The summed E-state index contributed by atoms with van der Waals surface area (Å²) in [6.07, 6.45) is 0.613. The number of rotatable bonds is 1. The molecule has 0 aliphatic carbocycles. The number of nitrogens with zero attached hydrogens (tertiary/aromatic N) is 2. The molecule has 3 heterocycles. The zero-order chi connectivity index (χ0) is 18.7. The largest absolute Gasteiger partial charge is 0.417 e. The van der Waals surface area contributed by atoms with E-state index in [4.69, 9.17) is 4.42 Å². The van der Waals surface area contributed by atoms with Gasteiger partial charge in [0.1, 0.15) is 11.5 Å². The summed E-state index contributed by atoms with van der Waals surface area (Å²) >= 11 is 3.69. The van der Waals surface area contributed by atoms with E-state index in [1.807, 2.05) is 19.1 Å². The highest BCUT2D eigenvalue weighted by molar-refractivity contribution is 14.1. The van der Waals surface area contributed by atoms with Crippen LogP contribution in [0.3, 0.4) is 0 Å². The first-order valence-electron chi connectivity index (χ1n) is 8.15. The minimum atomic E-state index is -0.493. The van der Waals surface area contributed by atoms with E-state index >= 15 is 0 Å². The number of benzene rings is 2. The summed E-state index contributed by atoms with van der Waals surface area (Å²) in [5.41, 5.74) is 4.46. The van der Waals surface area contributed by atoms with Gasteiger partial charge in [-0.1, -0.05) is 0 Å². The molecule has 8 heteroatoms. The molecule has 0 amide bonds. The van der Waals surface area contributed by atoms with Crippen LogP contribution >= 0.6 is 33.9 Å². The topological polar surface area (TPSA) is 70.7 Å². The lowest BCUT2D eigenvalue weighted by molar-refractivity contribution is 0.555. The van der Waals surface area contributed by atoms with Crippen molar-refractivity contribution >= 4 is 66.5 Å². The van der Waals surface area contributed by atoms with Crippen LogP contribution < -0.4 is 5.76 Å². The van der Waals surface area contributed by atoms with Crippen molar-refractivity contribution in [1.82, 2.24) is 4.98 Å². The number of H-pyrrole nitrogens is 1. The van der Waals surface area contributed by atoms with Crippen molar-refractivity contribution in [3.63, 3.8) is 0 Å². The summed E-state index contributed by atoms with van der Waals surface area (Å²) in [4.78, 5) is 15.1. The highest BCUT2D eigenvalue weighted by Crippen LogP contribution is 2.34. The molecule has 0 saturated heterocycles. The molecule has 1 N–H and O–H groups in total. The van der Waals surface area contributed by atoms with Gasteiger partial charge in [-0.15, -0.1) is 16.4 Å². The first-order chi connectivity index (χ1) is 13.0. The minimum absolute atomic E-state index is 0.255. The third kappa shape index (κ3) is 2.74. The van der Waals surface area contributed by atoms with Gasteiger partial charge in [0.15, 0.2) is 5.58 Å². The third-order valence-electron chi connectivity index (χ3n) is 4.48. The normalized spacial score (nSPS) is 14.2. The van der Waals surface area contributed by atoms with Gasteiger partial charge >= 0.3 is 5.76 Å². The molecule has 0 atom stereocenters. The van der Waals surface area contributed by atoms with Gasteiger partial charge in [0.2, 0.25) is 0 Å². The van der Waals surface area contributed by atoms with E-state index in [1.165, 1.54) is 17.4 Å². The number of hydrogen-bond donors (Lipinski definition) is 1.